The summed E-state index contributed by atoms with van der Waals surface area (Å²) in [5, 5.41) is 6.88. The van der Waals surface area contributed by atoms with Crippen LogP contribution in [0.5, 0.6) is 0 Å². The van der Waals surface area contributed by atoms with Crippen molar-refractivity contribution in [3.05, 3.63) is 158 Å². The predicted octanol–water partition coefficient (Wildman–Crippen LogP) is 11.4. The molecule has 7 aromatic carbocycles. The largest absolute Gasteiger partial charge is 0.455 e. The molecule has 3 heteroatoms. The molecule has 0 atom stereocenters. The molecule has 0 unspecified atom stereocenters. The summed E-state index contributed by atoms with van der Waals surface area (Å²) in [5.41, 5.74) is 8.66. The first-order chi connectivity index (χ1) is 22.3. The van der Waals surface area contributed by atoms with Crippen LogP contribution in [0.4, 0.5) is 0 Å². The molecule has 9 rings (SSSR count). The highest BCUT2D eigenvalue weighted by Gasteiger charge is 2.21. The molecule has 0 bridgehead atoms. The van der Waals surface area contributed by atoms with Gasteiger partial charge in [0.25, 0.3) is 0 Å². The summed E-state index contributed by atoms with van der Waals surface area (Å²) in [7, 11) is 0. The van der Waals surface area contributed by atoms with Crippen molar-refractivity contribution in [1.29, 1.82) is 0 Å². The van der Waals surface area contributed by atoms with Crippen molar-refractivity contribution in [2.75, 3.05) is 0 Å². The Morgan fingerprint density at radius 1 is 0.400 bits per heavy atom. The fourth-order valence-electron chi connectivity index (χ4n) is 6.50. The SMILES string of the molecule is c1ccc(-c2nc(-c3ccc4ccccc4c3)cc(-c3ccc(-c4ccccc4)c4oc5ccc6ccccc6c5c34)n2)cc1. The average molecular weight is 575 g/mol. The molecule has 0 N–H and O–H groups in total. The standard InChI is InChI=1S/C42H26N2O/c1-3-12-28(13-4-1)34-22-23-35(40-39-33-18-10-9-14-29(33)21-24-38(39)45-41(34)40)37-26-36(43-42(44-37)30-15-5-2-6-16-30)32-20-19-27-11-7-8-17-31(27)25-32/h1-26H. The third kappa shape index (κ3) is 4.29. The van der Waals surface area contributed by atoms with Crippen LogP contribution in [0.2, 0.25) is 0 Å². The monoisotopic (exact) mass is 574 g/mol. The van der Waals surface area contributed by atoms with E-state index in [0.29, 0.717) is 5.82 Å². The molecule has 2 aromatic heterocycles. The number of fused-ring (bicyclic) bond motifs is 6. The third-order valence-corrected chi connectivity index (χ3v) is 8.67. The summed E-state index contributed by atoms with van der Waals surface area (Å²) in [6.45, 7) is 0. The van der Waals surface area contributed by atoms with E-state index >= 15 is 0 Å². The molecule has 0 spiro atoms. The molecule has 45 heavy (non-hydrogen) atoms. The maximum atomic E-state index is 6.74. The van der Waals surface area contributed by atoms with Crippen molar-refractivity contribution in [3.8, 4) is 45.0 Å². The zero-order valence-electron chi connectivity index (χ0n) is 24.3. The zero-order valence-corrected chi connectivity index (χ0v) is 24.3. The van der Waals surface area contributed by atoms with Gasteiger partial charge in [-0.05, 0) is 51.4 Å². The Morgan fingerprint density at radius 3 is 1.87 bits per heavy atom. The van der Waals surface area contributed by atoms with Gasteiger partial charge in [0.2, 0.25) is 0 Å². The molecule has 0 radical (unpaired) electrons. The molecule has 0 amide bonds. The smallest absolute Gasteiger partial charge is 0.160 e. The summed E-state index contributed by atoms with van der Waals surface area (Å²) >= 11 is 0. The first kappa shape index (κ1) is 25.4. The van der Waals surface area contributed by atoms with Gasteiger partial charge in [0.05, 0.1) is 11.4 Å². The minimum Gasteiger partial charge on any atom is -0.455 e. The van der Waals surface area contributed by atoms with E-state index in [1.54, 1.807) is 0 Å². The number of hydrogen-bond acceptors (Lipinski definition) is 3. The van der Waals surface area contributed by atoms with Crippen LogP contribution >= 0.6 is 0 Å². The van der Waals surface area contributed by atoms with Crippen LogP contribution in [-0.2, 0) is 0 Å². The van der Waals surface area contributed by atoms with Gasteiger partial charge in [-0.1, -0.05) is 133 Å². The van der Waals surface area contributed by atoms with Gasteiger partial charge in [0.1, 0.15) is 11.2 Å². The Hall–Kier alpha value is -6.06. The van der Waals surface area contributed by atoms with Gasteiger partial charge in [0.15, 0.2) is 5.82 Å². The van der Waals surface area contributed by atoms with Gasteiger partial charge in [-0.25, -0.2) is 9.97 Å². The van der Waals surface area contributed by atoms with E-state index < -0.39 is 0 Å². The number of benzene rings is 7. The van der Waals surface area contributed by atoms with Crippen LogP contribution in [0.3, 0.4) is 0 Å². The van der Waals surface area contributed by atoms with Gasteiger partial charge in [-0.2, -0.15) is 0 Å². The molecule has 0 aliphatic carbocycles. The van der Waals surface area contributed by atoms with Crippen LogP contribution in [-0.4, -0.2) is 9.97 Å². The number of aromatic nitrogens is 2. The summed E-state index contributed by atoms with van der Waals surface area (Å²) < 4.78 is 6.74. The number of rotatable bonds is 4. The highest BCUT2D eigenvalue weighted by Crippen LogP contribution is 2.44. The average Bonchev–Trinajstić information content (AvgIpc) is 3.52. The quantitative estimate of drug-likeness (QED) is 0.210. The van der Waals surface area contributed by atoms with Crippen molar-refractivity contribution in [1.82, 2.24) is 9.97 Å². The second-order valence-electron chi connectivity index (χ2n) is 11.4. The van der Waals surface area contributed by atoms with E-state index in [-0.39, 0.29) is 0 Å². The lowest BCUT2D eigenvalue weighted by Crippen LogP contribution is -1.96. The molecule has 9 aromatic rings. The predicted molar refractivity (Wildman–Crippen MR) is 186 cm³/mol. The molecule has 0 saturated heterocycles. The van der Waals surface area contributed by atoms with Gasteiger partial charge < -0.3 is 4.42 Å². The lowest BCUT2D eigenvalue weighted by atomic mass is 9.94. The second kappa shape index (κ2) is 10.3. The molecule has 0 saturated carbocycles. The highest BCUT2D eigenvalue weighted by atomic mass is 16.3. The van der Waals surface area contributed by atoms with E-state index in [9.17, 15) is 0 Å². The Kier molecular flexibility index (Phi) is 5.82. The van der Waals surface area contributed by atoms with Gasteiger partial charge in [-0.3, -0.25) is 0 Å². The molecule has 0 aliphatic heterocycles. The number of nitrogens with zero attached hydrogens (tertiary/aromatic N) is 2. The van der Waals surface area contributed by atoms with Gasteiger partial charge >= 0.3 is 0 Å². The fraction of sp³-hybridized carbons (Fsp3) is 0. The molecule has 0 fully saturated rings. The highest BCUT2D eigenvalue weighted by molar-refractivity contribution is 6.24. The Balaban J connectivity index is 1.38. The van der Waals surface area contributed by atoms with Crippen molar-refractivity contribution < 1.29 is 4.42 Å². The zero-order chi connectivity index (χ0) is 29.7. The van der Waals surface area contributed by atoms with Crippen molar-refractivity contribution >= 4 is 43.5 Å². The fourth-order valence-corrected chi connectivity index (χ4v) is 6.50. The Labute approximate surface area is 260 Å². The van der Waals surface area contributed by atoms with Crippen molar-refractivity contribution in [2.45, 2.75) is 0 Å². The topological polar surface area (TPSA) is 38.9 Å². The van der Waals surface area contributed by atoms with E-state index in [0.717, 1.165) is 66.5 Å². The Bertz CT molecular complexity index is 2530. The van der Waals surface area contributed by atoms with Crippen LogP contribution in [0, 0.1) is 0 Å². The van der Waals surface area contributed by atoms with E-state index in [2.05, 4.69) is 133 Å². The minimum absolute atomic E-state index is 0.689. The van der Waals surface area contributed by atoms with E-state index in [1.165, 1.54) is 16.2 Å². The van der Waals surface area contributed by atoms with Crippen molar-refractivity contribution in [3.63, 3.8) is 0 Å². The van der Waals surface area contributed by atoms with E-state index in [4.69, 9.17) is 14.4 Å². The van der Waals surface area contributed by atoms with Gasteiger partial charge in [-0.15, -0.1) is 0 Å². The van der Waals surface area contributed by atoms with Crippen LogP contribution in [0.25, 0.3) is 88.5 Å². The van der Waals surface area contributed by atoms with Crippen molar-refractivity contribution in [2.24, 2.45) is 0 Å². The third-order valence-electron chi connectivity index (χ3n) is 8.67. The minimum atomic E-state index is 0.689. The summed E-state index contributed by atoms with van der Waals surface area (Å²) in [6.07, 6.45) is 0. The second-order valence-corrected chi connectivity index (χ2v) is 11.4. The van der Waals surface area contributed by atoms with Crippen LogP contribution in [0.15, 0.2) is 162 Å². The summed E-state index contributed by atoms with van der Waals surface area (Å²) in [5.74, 6) is 0.689. The maximum Gasteiger partial charge on any atom is 0.160 e. The first-order valence-electron chi connectivity index (χ1n) is 15.2. The summed E-state index contributed by atoms with van der Waals surface area (Å²) in [4.78, 5) is 10.3. The first-order valence-corrected chi connectivity index (χ1v) is 15.2. The van der Waals surface area contributed by atoms with Gasteiger partial charge in [0, 0.05) is 33.0 Å². The molecule has 3 nitrogen and oxygen atoms in total. The van der Waals surface area contributed by atoms with Crippen LogP contribution < -0.4 is 0 Å². The Morgan fingerprint density at radius 2 is 1.04 bits per heavy atom. The van der Waals surface area contributed by atoms with Crippen LogP contribution in [0.1, 0.15) is 0 Å². The molecular weight excluding hydrogens is 548 g/mol. The lowest BCUT2D eigenvalue weighted by molar-refractivity contribution is 0.670. The molecule has 210 valence electrons. The lowest BCUT2D eigenvalue weighted by Gasteiger charge is -2.12. The molecular formula is C42H26N2O. The normalized spacial score (nSPS) is 11.6. The van der Waals surface area contributed by atoms with E-state index in [1.807, 2.05) is 24.3 Å². The molecule has 0 aliphatic rings. The number of furan rings is 1. The molecule has 2 heterocycles. The maximum absolute atomic E-state index is 6.74. The summed E-state index contributed by atoms with van der Waals surface area (Å²) in [6, 6.07) is 54.9. The number of hydrogen-bond donors (Lipinski definition) is 0.